The van der Waals surface area contributed by atoms with E-state index in [4.69, 9.17) is 4.74 Å². The Morgan fingerprint density at radius 3 is 2.21 bits per heavy atom. The van der Waals surface area contributed by atoms with Crippen molar-refractivity contribution in [3.05, 3.63) is 64.2 Å². The third-order valence-electron chi connectivity index (χ3n) is 6.21. The summed E-state index contributed by atoms with van der Waals surface area (Å²) in [6.07, 6.45) is 1.34. The van der Waals surface area contributed by atoms with Crippen LogP contribution in [0.15, 0.2) is 48.5 Å². The molecule has 0 aliphatic carbocycles. The summed E-state index contributed by atoms with van der Waals surface area (Å²) in [6, 6.07) is 14.6. The Labute approximate surface area is 195 Å². The molecule has 0 radical (unpaired) electrons. The first-order valence-electron chi connectivity index (χ1n) is 11.6. The molecule has 178 valence electrons. The maximum atomic E-state index is 12.7. The summed E-state index contributed by atoms with van der Waals surface area (Å²) in [5, 5.41) is 10.8. The van der Waals surface area contributed by atoms with Crippen molar-refractivity contribution in [3.8, 4) is 5.75 Å². The third-order valence-corrected chi connectivity index (χ3v) is 6.21. The van der Waals surface area contributed by atoms with Crippen LogP contribution in [0.1, 0.15) is 25.8 Å². The normalized spacial score (nSPS) is 15.7. The van der Waals surface area contributed by atoms with Gasteiger partial charge in [0.2, 0.25) is 5.91 Å². The van der Waals surface area contributed by atoms with Gasteiger partial charge < -0.3 is 14.5 Å². The Kier molecular flexibility index (Phi) is 8.79. The van der Waals surface area contributed by atoms with Crippen molar-refractivity contribution in [3.63, 3.8) is 0 Å². The molecule has 33 heavy (non-hydrogen) atoms. The highest BCUT2D eigenvalue weighted by atomic mass is 16.6. The first-order chi connectivity index (χ1) is 15.9. The summed E-state index contributed by atoms with van der Waals surface area (Å²) in [6.45, 7) is 9.65. The molecule has 3 rings (SSSR count). The van der Waals surface area contributed by atoms with Gasteiger partial charge in [0, 0.05) is 69.6 Å². The molecule has 8 nitrogen and oxygen atoms in total. The van der Waals surface area contributed by atoms with E-state index in [-0.39, 0.29) is 22.6 Å². The lowest BCUT2D eigenvalue weighted by atomic mass is 10.1. The van der Waals surface area contributed by atoms with Gasteiger partial charge in [0.15, 0.2) is 0 Å². The monoisotopic (exact) mass is 454 g/mol. The van der Waals surface area contributed by atoms with Gasteiger partial charge in [-0.3, -0.25) is 19.8 Å². The number of nitro benzene ring substituents is 1. The van der Waals surface area contributed by atoms with Crippen molar-refractivity contribution in [1.82, 2.24) is 9.80 Å². The number of carbonyl (C=O) groups excluding carboxylic acids is 1. The molecule has 1 saturated heterocycles. The maximum absolute atomic E-state index is 12.7. The number of anilines is 1. The summed E-state index contributed by atoms with van der Waals surface area (Å²) in [5.74, 6) is 0.898. The molecule has 1 aliphatic heterocycles. The van der Waals surface area contributed by atoms with E-state index in [0.717, 1.165) is 62.7 Å². The zero-order valence-corrected chi connectivity index (χ0v) is 19.8. The van der Waals surface area contributed by atoms with Gasteiger partial charge >= 0.3 is 0 Å². The van der Waals surface area contributed by atoms with Gasteiger partial charge in [0.1, 0.15) is 5.75 Å². The lowest BCUT2D eigenvalue weighted by Crippen LogP contribution is -2.52. The maximum Gasteiger partial charge on any atom is 0.269 e. The highest BCUT2D eigenvalue weighted by molar-refractivity contribution is 5.93. The van der Waals surface area contributed by atoms with Crippen LogP contribution in [-0.4, -0.2) is 73.1 Å². The molecule has 1 atom stereocenters. The number of non-ortho nitro benzene ring substituents is 1. The third kappa shape index (κ3) is 6.76. The molecule has 0 aromatic heterocycles. The number of methoxy groups -OCH3 is 1. The van der Waals surface area contributed by atoms with Crippen LogP contribution in [0.2, 0.25) is 0 Å². The van der Waals surface area contributed by atoms with Crippen LogP contribution >= 0.6 is 0 Å². The molecular formula is C25H34N4O4. The zero-order valence-electron chi connectivity index (χ0n) is 19.8. The van der Waals surface area contributed by atoms with Gasteiger partial charge in [0.25, 0.3) is 5.69 Å². The summed E-state index contributed by atoms with van der Waals surface area (Å²) >= 11 is 0. The predicted octanol–water partition coefficient (Wildman–Crippen LogP) is 3.60. The minimum Gasteiger partial charge on any atom is -0.497 e. The number of ether oxygens (including phenoxy) is 1. The number of nitrogens with zero attached hydrogens (tertiary/aromatic N) is 4. The number of nitro groups is 1. The largest absolute Gasteiger partial charge is 0.497 e. The molecule has 1 aliphatic rings. The Morgan fingerprint density at radius 2 is 1.67 bits per heavy atom. The Bertz CT molecular complexity index is 909. The van der Waals surface area contributed by atoms with Crippen LogP contribution in [0, 0.1) is 10.1 Å². The van der Waals surface area contributed by atoms with Crippen molar-refractivity contribution in [2.45, 2.75) is 32.7 Å². The fourth-order valence-corrected chi connectivity index (χ4v) is 4.28. The molecule has 1 amide bonds. The molecule has 1 unspecified atom stereocenters. The number of hydrogen-bond acceptors (Lipinski definition) is 6. The van der Waals surface area contributed by atoms with Crippen LogP contribution in [0.5, 0.6) is 5.75 Å². The topological polar surface area (TPSA) is 79.2 Å². The Hall–Kier alpha value is -2.97. The molecule has 8 heteroatoms. The van der Waals surface area contributed by atoms with E-state index in [2.05, 4.69) is 16.7 Å². The zero-order chi connectivity index (χ0) is 23.8. The van der Waals surface area contributed by atoms with Gasteiger partial charge in [-0.1, -0.05) is 19.1 Å². The second-order valence-corrected chi connectivity index (χ2v) is 8.48. The molecule has 1 fully saturated rings. The average molecular weight is 455 g/mol. The fraction of sp³-hybridized carbons (Fsp3) is 0.480. The van der Waals surface area contributed by atoms with E-state index in [1.807, 2.05) is 48.2 Å². The number of piperazine rings is 1. The van der Waals surface area contributed by atoms with Crippen LogP contribution in [0.4, 0.5) is 11.4 Å². The molecule has 0 N–H and O–H groups in total. The van der Waals surface area contributed by atoms with Gasteiger partial charge in [-0.15, -0.1) is 0 Å². The van der Waals surface area contributed by atoms with Gasteiger partial charge in [-0.2, -0.15) is 0 Å². The standard InChI is InChI=1S/C25H34N4O4/c1-4-25(30)28(22-9-11-24(33-3)12-10-22)20(2)19-27-17-15-26(16-18-27)14-13-21-5-7-23(8-6-21)29(31)32/h5-12,20H,4,13-19H2,1-3H3. The van der Waals surface area contributed by atoms with Gasteiger partial charge in [-0.25, -0.2) is 0 Å². The highest BCUT2D eigenvalue weighted by Crippen LogP contribution is 2.23. The SMILES string of the molecule is CCC(=O)N(c1ccc(OC)cc1)C(C)CN1CCN(CCc2ccc([N+](=O)[O-])cc2)CC1. The fourth-order valence-electron chi connectivity index (χ4n) is 4.28. The molecule has 2 aromatic rings. The highest BCUT2D eigenvalue weighted by Gasteiger charge is 2.25. The second-order valence-electron chi connectivity index (χ2n) is 8.48. The van der Waals surface area contributed by atoms with Crippen LogP contribution in [0.3, 0.4) is 0 Å². The Morgan fingerprint density at radius 1 is 1.06 bits per heavy atom. The van der Waals surface area contributed by atoms with Gasteiger partial charge in [0.05, 0.1) is 12.0 Å². The number of rotatable bonds is 10. The summed E-state index contributed by atoms with van der Waals surface area (Å²) in [5.41, 5.74) is 2.15. The van der Waals surface area contributed by atoms with Crippen LogP contribution in [-0.2, 0) is 11.2 Å². The molecule has 0 saturated carbocycles. The Balaban J connectivity index is 1.49. The number of hydrogen-bond donors (Lipinski definition) is 0. The van der Waals surface area contributed by atoms with E-state index in [0.29, 0.717) is 6.42 Å². The smallest absolute Gasteiger partial charge is 0.269 e. The van der Waals surface area contributed by atoms with Crippen molar-refractivity contribution < 1.29 is 14.5 Å². The number of carbonyl (C=O) groups is 1. The molecule has 2 aromatic carbocycles. The lowest BCUT2D eigenvalue weighted by molar-refractivity contribution is -0.384. The second kappa shape index (κ2) is 11.8. The molecule has 0 bridgehead atoms. The molecular weight excluding hydrogens is 420 g/mol. The van der Waals surface area contributed by atoms with Crippen molar-refractivity contribution in [2.24, 2.45) is 0 Å². The van der Waals surface area contributed by atoms with Crippen LogP contribution < -0.4 is 9.64 Å². The van der Waals surface area contributed by atoms with Crippen molar-refractivity contribution in [1.29, 1.82) is 0 Å². The van der Waals surface area contributed by atoms with E-state index in [1.54, 1.807) is 19.2 Å². The van der Waals surface area contributed by atoms with E-state index in [1.165, 1.54) is 0 Å². The van der Waals surface area contributed by atoms with E-state index < -0.39 is 0 Å². The van der Waals surface area contributed by atoms with Crippen molar-refractivity contribution >= 4 is 17.3 Å². The number of amides is 1. The predicted molar refractivity (Wildman–Crippen MR) is 130 cm³/mol. The molecule has 0 spiro atoms. The summed E-state index contributed by atoms with van der Waals surface area (Å²) < 4.78 is 5.25. The van der Waals surface area contributed by atoms with E-state index >= 15 is 0 Å². The summed E-state index contributed by atoms with van der Waals surface area (Å²) in [4.78, 5) is 29.9. The molecule has 1 heterocycles. The minimum absolute atomic E-state index is 0.0671. The number of benzene rings is 2. The first-order valence-corrected chi connectivity index (χ1v) is 11.6. The van der Waals surface area contributed by atoms with Crippen molar-refractivity contribution in [2.75, 3.05) is 51.3 Å². The van der Waals surface area contributed by atoms with Gasteiger partial charge in [-0.05, 0) is 43.2 Å². The van der Waals surface area contributed by atoms with E-state index in [9.17, 15) is 14.9 Å². The average Bonchev–Trinajstić information content (AvgIpc) is 2.84. The van der Waals surface area contributed by atoms with Crippen LogP contribution in [0.25, 0.3) is 0 Å². The quantitative estimate of drug-likeness (QED) is 0.403. The summed E-state index contributed by atoms with van der Waals surface area (Å²) in [7, 11) is 1.64. The lowest BCUT2D eigenvalue weighted by Gasteiger charge is -2.38. The minimum atomic E-state index is -0.367. The first kappa shape index (κ1) is 24.7.